The minimum atomic E-state index is -0.126. The number of benzene rings is 1. The van der Waals surface area contributed by atoms with Crippen LogP contribution in [0, 0.1) is 0 Å². The van der Waals surface area contributed by atoms with Gasteiger partial charge in [-0.3, -0.25) is 14.7 Å². The van der Waals surface area contributed by atoms with Gasteiger partial charge in [-0.1, -0.05) is 6.07 Å². The van der Waals surface area contributed by atoms with Crippen LogP contribution in [-0.4, -0.2) is 39.7 Å². The van der Waals surface area contributed by atoms with E-state index in [1.165, 1.54) is 16.7 Å². The van der Waals surface area contributed by atoms with Crippen LogP contribution in [0.4, 0.5) is 5.69 Å². The molecule has 0 spiro atoms. The summed E-state index contributed by atoms with van der Waals surface area (Å²) in [6.07, 6.45) is 5.07. The molecule has 0 unspecified atom stereocenters. The number of aromatic hydroxyl groups is 1. The number of nitrogens with zero attached hydrogens (tertiary/aromatic N) is 3. The number of phenolic OH excluding ortho intramolecular Hbond substituents is 1. The standard InChI is InChI=1S/C18H17N3O3S/c1-3-24-15-9-12(6-7-14(15)22)10-16-17(23)21(2)18(25-16)20-13-5-4-8-19-11-13/h4-11,22H,3H2,1-2H3/b16-10-,20-18?. The van der Waals surface area contributed by atoms with Gasteiger partial charge in [0.2, 0.25) is 0 Å². The zero-order chi connectivity index (χ0) is 17.8. The van der Waals surface area contributed by atoms with Crippen molar-refractivity contribution in [3.05, 3.63) is 53.2 Å². The first-order chi connectivity index (χ1) is 12.1. The van der Waals surface area contributed by atoms with Crippen molar-refractivity contribution in [1.29, 1.82) is 0 Å². The summed E-state index contributed by atoms with van der Waals surface area (Å²) in [4.78, 5) is 23.0. The number of amidine groups is 1. The summed E-state index contributed by atoms with van der Waals surface area (Å²) in [5.41, 5.74) is 1.46. The number of amides is 1. The number of thioether (sulfide) groups is 1. The van der Waals surface area contributed by atoms with Gasteiger partial charge in [-0.25, -0.2) is 4.99 Å². The van der Waals surface area contributed by atoms with Crippen LogP contribution in [0.25, 0.3) is 6.08 Å². The minimum Gasteiger partial charge on any atom is -0.504 e. The van der Waals surface area contributed by atoms with E-state index in [-0.39, 0.29) is 11.7 Å². The lowest BCUT2D eigenvalue weighted by Gasteiger charge is -2.07. The lowest BCUT2D eigenvalue weighted by molar-refractivity contribution is -0.121. The van der Waals surface area contributed by atoms with Gasteiger partial charge in [0, 0.05) is 13.2 Å². The zero-order valence-corrected chi connectivity index (χ0v) is 14.7. The number of rotatable bonds is 4. The highest BCUT2D eigenvalue weighted by Crippen LogP contribution is 2.34. The van der Waals surface area contributed by atoms with E-state index < -0.39 is 0 Å². The molecule has 1 N–H and O–H groups in total. The topological polar surface area (TPSA) is 75.0 Å². The monoisotopic (exact) mass is 355 g/mol. The van der Waals surface area contributed by atoms with E-state index in [2.05, 4.69) is 9.98 Å². The molecular formula is C18H17N3O3S. The van der Waals surface area contributed by atoms with Crippen molar-refractivity contribution in [2.75, 3.05) is 13.7 Å². The number of carbonyl (C=O) groups is 1. The molecule has 1 aromatic heterocycles. The molecule has 2 aromatic rings. The normalized spacial score (nSPS) is 17.5. The molecule has 25 heavy (non-hydrogen) atoms. The second-order valence-corrected chi connectivity index (χ2v) is 6.25. The average molecular weight is 355 g/mol. The van der Waals surface area contributed by atoms with Crippen molar-refractivity contribution in [3.63, 3.8) is 0 Å². The second-order valence-electron chi connectivity index (χ2n) is 5.24. The molecule has 128 valence electrons. The summed E-state index contributed by atoms with van der Waals surface area (Å²) in [7, 11) is 1.69. The summed E-state index contributed by atoms with van der Waals surface area (Å²) in [5, 5.41) is 10.4. The Bertz CT molecular complexity index is 850. The first-order valence-corrected chi connectivity index (χ1v) is 8.52. The van der Waals surface area contributed by atoms with Gasteiger partial charge in [-0.2, -0.15) is 0 Å². The first kappa shape index (κ1) is 17.0. The molecule has 0 bridgehead atoms. The van der Waals surface area contributed by atoms with Crippen LogP contribution in [0.5, 0.6) is 11.5 Å². The molecule has 1 aromatic carbocycles. The highest BCUT2D eigenvalue weighted by atomic mass is 32.2. The molecular weight excluding hydrogens is 338 g/mol. The zero-order valence-electron chi connectivity index (χ0n) is 13.8. The van der Waals surface area contributed by atoms with Gasteiger partial charge in [0.05, 0.1) is 23.4 Å². The Morgan fingerprint density at radius 1 is 1.40 bits per heavy atom. The van der Waals surface area contributed by atoms with Crippen molar-refractivity contribution in [2.24, 2.45) is 4.99 Å². The fourth-order valence-electron chi connectivity index (χ4n) is 2.22. The van der Waals surface area contributed by atoms with Crippen LogP contribution < -0.4 is 4.74 Å². The van der Waals surface area contributed by atoms with Gasteiger partial charge in [-0.15, -0.1) is 0 Å². The molecule has 1 aliphatic rings. The Labute approximate surface area is 149 Å². The quantitative estimate of drug-likeness (QED) is 0.851. The Hall–Kier alpha value is -2.80. The number of likely N-dealkylation sites (N-methyl/N-ethyl adjacent to an activating group) is 1. The second kappa shape index (κ2) is 7.40. The van der Waals surface area contributed by atoms with Crippen molar-refractivity contribution in [2.45, 2.75) is 6.92 Å². The van der Waals surface area contributed by atoms with E-state index in [1.54, 1.807) is 49.8 Å². The van der Waals surface area contributed by atoms with Crippen LogP contribution in [0.1, 0.15) is 12.5 Å². The number of hydrogen-bond acceptors (Lipinski definition) is 6. The summed E-state index contributed by atoms with van der Waals surface area (Å²) in [6.45, 7) is 2.29. The van der Waals surface area contributed by atoms with Gasteiger partial charge >= 0.3 is 0 Å². The van der Waals surface area contributed by atoms with Gasteiger partial charge < -0.3 is 9.84 Å². The number of phenols is 1. The number of aromatic nitrogens is 1. The number of carbonyl (C=O) groups excluding carboxylic acids is 1. The molecule has 1 fully saturated rings. The van der Waals surface area contributed by atoms with Crippen LogP contribution in [0.2, 0.25) is 0 Å². The first-order valence-electron chi connectivity index (χ1n) is 7.70. The van der Waals surface area contributed by atoms with Crippen molar-refractivity contribution in [1.82, 2.24) is 9.88 Å². The van der Waals surface area contributed by atoms with Crippen LogP contribution in [0.3, 0.4) is 0 Å². The summed E-state index contributed by atoms with van der Waals surface area (Å²) >= 11 is 1.30. The lowest BCUT2D eigenvalue weighted by Crippen LogP contribution is -2.23. The van der Waals surface area contributed by atoms with E-state index in [0.717, 1.165) is 5.56 Å². The third kappa shape index (κ3) is 3.83. The van der Waals surface area contributed by atoms with Crippen LogP contribution >= 0.6 is 11.8 Å². The molecule has 2 heterocycles. The van der Waals surface area contributed by atoms with Crippen LogP contribution in [-0.2, 0) is 4.79 Å². The molecule has 0 aliphatic carbocycles. The largest absolute Gasteiger partial charge is 0.504 e. The molecule has 1 aliphatic heterocycles. The maximum Gasteiger partial charge on any atom is 0.266 e. The van der Waals surface area contributed by atoms with Gasteiger partial charge in [-0.05, 0) is 54.6 Å². The SMILES string of the molecule is CCOc1cc(/C=C2\SC(=Nc3cccnc3)N(C)C2=O)ccc1O. The maximum atomic E-state index is 12.4. The van der Waals surface area contributed by atoms with Gasteiger partial charge in [0.15, 0.2) is 16.7 Å². The molecule has 7 heteroatoms. The van der Waals surface area contributed by atoms with E-state index in [0.29, 0.717) is 28.1 Å². The predicted octanol–water partition coefficient (Wildman–Crippen LogP) is 3.42. The Morgan fingerprint density at radius 3 is 2.96 bits per heavy atom. The van der Waals surface area contributed by atoms with Gasteiger partial charge in [0.1, 0.15) is 0 Å². The smallest absolute Gasteiger partial charge is 0.266 e. The van der Waals surface area contributed by atoms with E-state index in [9.17, 15) is 9.90 Å². The summed E-state index contributed by atoms with van der Waals surface area (Å²) < 4.78 is 5.38. The fraction of sp³-hybridized carbons (Fsp3) is 0.167. The molecule has 6 nitrogen and oxygen atoms in total. The van der Waals surface area contributed by atoms with Crippen LogP contribution in [0.15, 0.2) is 52.6 Å². The fourth-order valence-corrected chi connectivity index (χ4v) is 3.21. The maximum absolute atomic E-state index is 12.4. The number of aliphatic imine (C=N–C) groups is 1. The Kier molecular flexibility index (Phi) is 5.04. The summed E-state index contributed by atoms with van der Waals surface area (Å²) in [6, 6.07) is 8.61. The molecule has 0 radical (unpaired) electrons. The number of hydrogen-bond donors (Lipinski definition) is 1. The average Bonchev–Trinajstić information content (AvgIpc) is 2.87. The van der Waals surface area contributed by atoms with E-state index in [1.807, 2.05) is 13.0 Å². The van der Waals surface area contributed by atoms with Crippen molar-refractivity contribution in [3.8, 4) is 11.5 Å². The Morgan fingerprint density at radius 2 is 2.24 bits per heavy atom. The predicted molar refractivity (Wildman–Crippen MR) is 98.9 cm³/mol. The molecule has 1 saturated heterocycles. The molecule has 0 saturated carbocycles. The molecule has 0 atom stereocenters. The van der Waals surface area contributed by atoms with Crippen molar-refractivity contribution >= 4 is 34.6 Å². The third-order valence-electron chi connectivity index (χ3n) is 3.46. The Balaban J connectivity index is 1.88. The minimum absolute atomic E-state index is 0.0744. The van der Waals surface area contributed by atoms with E-state index >= 15 is 0 Å². The van der Waals surface area contributed by atoms with Crippen molar-refractivity contribution < 1.29 is 14.6 Å². The summed E-state index contributed by atoms with van der Waals surface area (Å²) in [5.74, 6) is 0.342. The number of pyridine rings is 1. The molecule has 3 rings (SSSR count). The highest BCUT2D eigenvalue weighted by Gasteiger charge is 2.30. The van der Waals surface area contributed by atoms with E-state index in [4.69, 9.17) is 4.74 Å². The highest BCUT2D eigenvalue weighted by molar-refractivity contribution is 8.18. The number of ether oxygens (including phenoxy) is 1. The van der Waals surface area contributed by atoms with Gasteiger partial charge in [0.25, 0.3) is 5.91 Å². The molecule has 1 amide bonds. The lowest BCUT2D eigenvalue weighted by atomic mass is 10.2. The third-order valence-corrected chi connectivity index (χ3v) is 4.52.